The van der Waals surface area contributed by atoms with Gasteiger partial charge in [-0.15, -0.1) is 0 Å². The van der Waals surface area contributed by atoms with Crippen LogP contribution in [0.5, 0.6) is 0 Å². The molecule has 1 atom stereocenters. The molecule has 1 aromatic heterocycles. The molecule has 1 aromatic rings. The first-order chi connectivity index (χ1) is 7.56. The predicted octanol–water partition coefficient (Wildman–Crippen LogP) is 0.742. The average molecular weight is 225 g/mol. The fourth-order valence-electron chi connectivity index (χ4n) is 1.47. The number of ether oxygens (including phenoxy) is 1. The van der Waals surface area contributed by atoms with E-state index in [9.17, 15) is 4.79 Å². The van der Waals surface area contributed by atoms with Gasteiger partial charge < -0.3 is 9.30 Å². The number of aryl methyl sites for hydroxylation is 1. The van der Waals surface area contributed by atoms with Crippen molar-refractivity contribution in [3.63, 3.8) is 0 Å². The lowest BCUT2D eigenvalue weighted by atomic mass is 10.2. The van der Waals surface area contributed by atoms with Crippen LogP contribution in [0.4, 0.5) is 0 Å². The third-order valence-corrected chi connectivity index (χ3v) is 2.16. The van der Waals surface area contributed by atoms with Crippen molar-refractivity contribution in [1.29, 1.82) is 0 Å². The average Bonchev–Trinajstić information content (AvgIpc) is 2.59. The standard InChI is InChI=1S/C11H19N3O2/c1-8(2)16-11(15)10(13-12-3)9-6-5-7-14(9)4/h5-8,10,12-13H,1-4H3. The van der Waals surface area contributed by atoms with Gasteiger partial charge in [-0.2, -0.15) is 0 Å². The molecule has 16 heavy (non-hydrogen) atoms. The number of hydrazine groups is 1. The third-order valence-electron chi connectivity index (χ3n) is 2.16. The summed E-state index contributed by atoms with van der Waals surface area (Å²) in [5.74, 6) is -0.286. The first-order valence-electron chi connectivity index (χ1n) is 5.30. The Kier molecular flexibility index (Phi) is 4.52. The van der Waals surface area contributed by atoms with Gasteiger partial charge in [0, 0.05) is 18.9 Å². The zero-order chi connectivity index (χ0) is 12.1. The van der Waals surface area contributed by atoms with E-state index in [4.69, 9.17) is 4.74 Å². The Morgan fingerprint density at radius 3 is 2.62 bits per heavy atom. The molecule has 0 saturated heterocycles. The summed E-state index contributed by atoms with van der Waals surface area (Å²) >= 11 is 0. The number of rotatable bonds is 5. The molecule has 0 aliphatic carbocycles. The number of aromatic nitrogens is 1. The number of carbonyl (C=O) groups excluding carboxylic acids is 1. The molecule has 0 fully saturated rings. The summed E-state index contributed by atoms with van der Waals surface area (Å²) in [5, 5.41) is 0. The molecule has 0 aromatic carbocycles. The van der Waals surface area contributed by atoms with Crippen LogP contribution in [0.25, 0.3) is 0 Å². The van der Waals surface area contributed by atoms with Gasteiger partial charge in [-0.1, -0.05) is 0 Å². The van der Waals surface area contributed by atoms with Crippen LogP contribution in [0.1, 0.15) is 25.6 Å². The van der Waals surface area contributed by atoms with E-state index >= 15 is 0 Å². The van der Waals surface area contributed by atoms with Gasteiger partial charge in [-0.05, 0) is 33.0 Å². The highest BCUT2D eigenvalue weighted by Gasteiger charge is 2.24. The second kappa shape index (κ2) is 5.67. The van der Waals surface area contributed by atoms with E-state index in [-0.39, 0.29) is 12.1 Å². The van der Waals surface area contributed by atoms with Gasteiger partial charge in [0.05, 0.1) is 6.10 Å². The van der Waals surface area contributed by atoms with Crippen molar-refractivity contribution in [2.45, 2.75) is 26.0 Å². The Balaban J connectivity index is 2.83. The van der Waals surface area contributed by atoms with Gasteiger partial charge in [0.25, 0.3) is 0 Å². The van der Waals surface area contributed by atoms with E-state index in [0.29, 0.717) is 0 Å². The quantitative estimate of drug-likeness (QED) is 0.573. The zero-order valence-electron chi connectivity index (χ0n) is 10.2. The number of nitrogens with one attached hydrogen (secondary N) is 2. The van der Waals surface area contributed by atoms with Crippen LogP contribution in [-0.2, 0) is 16.6 Å². The van der Waals surface area contributed by atoms with Crippen LogP contribution in [0.15, 0.2) is 18.3 Å². The van der Waals surface area contributed by atoms with Crippen molar-refractivity contribution in [1.82, 2.24) is 15.4 Å². The lowest BCUT2D eigenvalue weighted by Gasteiger charge is -2.19. The highest BCUT2D eigenvalue weighted by molar-refractivity contribution is 5.77. The van der Waals surface area contributed by atoms with Gasteiger partial charge in [-0.25, -0.2) is 10.2 Å². The third kappa shape index (κ3) is 3.08. The van der Waals surface area contributed by atoms with E-state index in [2.05, 4.69) is 10.9 Å². The molecule has 0 radical (unpaired) electrons. The molecule has 0 aliphatic rings. The van der Waals surface area contributed by atoms with Gasteiger partial charge in [0.15, 0.2) is 6.04 Å². The van der Waals surface area contributed by atoms with Crippen LogP contribution in [-0.4, -0.2) is 23.7 Å². The molecule has 2 N–H and O–H groups in total. The maximum absolute atomic E-state index is 11.9. The van der Waals surface area contributed by atoms with Crippen molar-refractivity contribution in [3.05, 3.63) is 24.0 Å². The van der Waals surface area contributed by atoms with Gasteiger partial charge in [0.2, 0.25) is 0 Å². The van der Waals surface area contributed by atoms with Crippen molar-refractivity contribution in [3.8, 4) is 0 Å². The summed E-state index contributed by atoms with van der Waals surface area (Å²) in [4.78, 5) is 11.9. The Bertz CT molecular complexity index is 347. The van der Waals surface area contributed by atoms with Gasteiger partial charge in [0.1, 0.15) is 0 Å². The van der Waals surface area contributed by atoms with Crippen LogP contribution in [0.3, 0.4) is 0 Å². The van der Waals surface area contributed by atoms with E-state index in [1.165, 1.54) is 0 Å². The highest BCUT2D eigenvalue weighted by atomic mass is 16.5. The lowest BCUT2D eigenvalue weighted by molar-refractivity contribution is -0.150. The maximum Gasteiger partial charge on any atom is 0.330 e. The molecule has 0 saturated carbocycles. The summed E-state index contributed by atoms with van der Waals surface area (Å²) in [6, 6.07) is 3.28. The molecule has 0 amide bonds. The molecule has 90 valence electrons. The number of esters is 1. The molecule has 5 nitrogen and oxygen atoms in total. The number of carbonyl (C=O) groups is 1. The molecule has 1 rings (SSSR count). The molecular formula is C11H19N3O2. The van der Waals surface area contributed by atoms with Crippen LogP contribution in [0, 0.1) is 0 Å². The minimum atomic E-state index is -0.493. The van der Waals surface area contributed by atoms with E-state index in [1.807, 2.05) is 43.8 Å². The second-order valence-electron chi connectivity index (χ2n) is 3.86. The number of nitrogens with zero attached hydrogens (tertiary/aromatic N) is 1. The first kappa shape index (κ1) is 12.7. The molecule has 0 bridgehead atoms. The van der Waals surface area contributed by atoms with Crippen LogP contribution >= 0.6 is 0 Å². The lowest BCUT2D eigenvalue weighted by Crippen LogP contribution is -2.39. The summed E-state index contributed by atoms with van der Waals surface area (Å²) in [6.07, 6.45) is 1.77. The molecule has 0 aliphatic heterocycles. The fourth-order valence-corrected chi connectivity index (χ4v) is 1.47. The Morgan fingerprint density at radius 1 is 1.50 bits per heavy atom. The molecular weight excluding hydrogens is 206 g/mol. The Labute approximate surface area is 95.8 Å². The normalized spacial score (nSPS) is 12.8. The summed E-state index contributed by atoms with van der Waals surface area (Å²) in [7, 11) is 3.61. The smallest absolute Gasteiger partial charge is 0.330 e. The minimum Gasteiger partial charge on any atom is -0.461 e. The first-order valence-corrected chi connectivity index (χ1v) is 5.30. The summed E-state index contributed by atoms with van der Waals surface area (Å²) in [5.41, 5.74) is 6.52. The van der Waals surface area contributed by atoms with Crippen molar-refractivity contribution < 1.29 is 9.53 Å². The van der Waals surface area contributed by atoms with Crippen molar-refractivity contribution in [2.24, 2.45) is 7.05 Å². The van der Waals surface area contributed by atoms with Crippen LogP contribution < -0.4 is 10.9 Å². The topological polar surface area (TPSA) is 55.3 Å². The Hall–Kier alpha value is -1.33. The van der Waals surface area contributed by atoms with E-state index in [0.717, 1.165) is 5.69 Å². The fraction of sp³-hybridized carbons (Fsp3) is 0.545. The van der Waals surface area contributed by atoms with Gasteiger partial charge in [-0.3, -0.25) is 5.43 Å². The zero-order valence-corrected chi connectivity index (χ0v) is 10.2. The molecule has 1 unspecified atom stereocenters. The van der Waals surface area contributed by atoms with Crippen molar-refractivity contribution in [2.75, 3.05) is 7.05 Å². The minimum absolute atomic E-state index is 0.117. The molecule has 5 heteroatoms. The number of hydrogen-bond acceptors (Lipinski definition) is 4. The Morgan fingerprint density at radius 2 is 2.19 bits per heavy atom. The van der Waals surface area contributed by atoms with E-state index < -0.39 is 6.04 Å². The second-order valence-corrected chi connectivity index (χ2v) is 3.86. The maximum atomic E-state index is 11.9. The van der Waals surface area contributed by atoms with Crippen molar-refractivity contribution >= 4 is 5.97 Å². The van der Waals surface area contributed by atoms with Crippen LogP contribution in [0.2, 0.25) is 0 Å². The monoisotopic (exact) mass is 225 g/mol. The molecule has 0 spiro atoms. The molecule has 1 heterocycles. The highest BCUT2D eigenvalue weighted by Crippen LogP contribution is 2.14. The summed E-state index contributed by atoms with van der Waals surface area (Å²) in [6.45, 7) is 3.67. The SMILES string of the molecule is CNNC(C(=O)OC(C)C)c1cccn1C. The van der Waals surface area contributed by atoms with E-state index in [1.54, 1.807) is 7.05 Å². The predicted molar refractivity (Wildman–Crippen MR) is 61.6 cm³/mol. The largest absolute Gasteiger partial charge is 0.461 e. The van der Waals surface area contributed by atoms with Gasteiger partial charge >= 0.3 is 5.97 Å². The number of hydrogen-bond donors (Lipinski definition) is 2. The summed E-state index contributed by atoms with van der Waals surface area (Å²) < 4.78 is 7.07.